The predicted octanol–water partition coefficient (Wildman–Crippen LogP) is 3.35. The standard InChI is InChI=1S/C16H25NO2/c1-11-9-13(12(2)17)7-8-16(11)19-15-6-4-5-14(10-15)18-3/h7-9,12,14-15H,4-6,10,17H2,1-3H3. The van der Waals surface area contributed by atoms with Crippen molar-refractivity contribution in [1.29, 1.82) is 0 Å². The number of aryl methyl sites for hydroxylation is 1. The van der Waals surface area contributed by atoms with Crippen LogP contribution in [0.15, 0.2) is 18.2 Å². The van der Waals surface area contributed by atoms with Crippen LogP contribution in [0.1, 0.15) is 49.8 Å². The van der Waals surface area contributed by atoms with Crippen LogP contribution in [0.5, 0.6) is 5.75 Å². The van der Waals surface area contributed by atoms with Crippen LogP contribution in [0, 0.1) is 6.92 Å². The molecule has 2 N–H and O–H groups in total. The van der Waals surface area contributed by atoms with E-state index >= 15 is 0 Å². The normalized spacial score (nSPS) is 25.1. The Morgan fingerprint density at radius 2 is 2.00 bits per heavy atom. The molecule has 0 radical (unpaired) electrons. The quantitative estimate of drug-likeness (QED) is 0.906. The summed E-state index contributed by atoms with van der Waals surface area (Å²) in [6, 6.07) is 6.30. The number of nitrogens with two attached hydrogens (primary N) is 1. The molecule has 0 bridgehead atoms. The van der Waals surface area contributed by atoms with E-state index in [0.717, 1.165) is 36.1 Å². The van der Waals surface area contributed by atoms with Gasteiger partial charge in [-0.25, -0.2) is 0 Å². The molecule has 3 heteroatoms. The van der Waals surface area contributed by atoms with Crippen LogP contribution >= 0.6 is 0 Å². The van der Waals surface area contributed by atoms with E-state index in [-0.39, 0.29) is 12.1 Å². The van der Waals surface area contributed by atoms with Gasteiger partial charge in [0.25, 0.3) is 0 Å². The smallest absolute Gasteiger partial charge is 0.122 e. The summed E-state index contributed by atoms with van der Waals surface area (Å²) in [5.74, 6) is 0.978. The van der Waals surface area contributed by atoms with Crippen molar-refractivity contribution in [3.05, 3.63) is 29.3 Å². The Balaban J connectivity index is 2.02. The summed E-state index contributed by atoms with van der Waals surface area (Å²) in [7, 11) is 1.79. The van der Waals surface area contributed by atoms with Gasteiger partial charge in [-0.15, -0.1) is 0 Å². The minimum atomic E-state index is 0.0697. The molecule has 0 heterocycles. The van der Waals surface area contributed by atoms with Crippen molar-refractivity contribution in [3.8, 4) is 5.75 Å². The van der Waals surface area contributed by atoms with Gasteiger partial charge in [-0.05, 0) is 50.3 Å². The maximum Gasteiger partial charge on any atom is 0.122 e. The van der Waals surface area contributed by atoms with E-state index in [1.807, 2.05) is 13.0 Å². The Morgan fingerprint density at radius 1 is 1.26 bits per heavy atom. The molecule has 1 fully saturated rings. The third-order valence-electron chi connectivity index (χ3n) is 3.93. The monoisotopic (exact) mass is 263 g/mol. The molecule has 0 amide bonds. The van der Waals surface area contributed by atoms with Gasteiger partial charge in [0.15, 0.2) is 0 Å². The largest absolute Gasteiger partial charge is 0.490 e. The Morgan fingerprint density at radius 3 is 2.63 bits per heavy atom. The second kappa shape index (κ2) is 6.40. The number of hydrogen-bond donors (Lipinski definition) is 1. The van der Waals surface area contributed by atoms with E-state index in [9.17, 15) is 0 Å². The summed E-state index contributed by atoms with van der Waals surface area (Å²) in [6.07, 6.45) is 5.07. The van der Waals surface area contributed by atoms with E-state index in [1.165, 1.54) is 6.42 Å². The first-order valence-corrected chi connectivity index (χ1v) is 7.15. The molecule has 106 valence electrons. The van der Waals surface area contributed by atoms with Gasteiger partial charge in [0.05, 0.1) is 6.10 Å². The van der Waals surface area contributed by atoms with Crippen molar-refractivity contribution in [3.63, 3.8) is 0 Å². The highest BCUT2D eigenvalue weighted by atomic mass is 16.5. The molecule has 1 aliphatic carbocycles. The predicted molar refractivity (Wildman–Crippen MR) is 77.5 cm³/mol. The Bertz CT molecular complexity index is 417. The highest BCUT2D eigenvalue weighted by molar-refractivity contribution is 5.37. The first-order chi connectivity index (χ1) is 9.10. The summed E-state index contributed by atoms with van der Waals surface area (Å²) in [5, 5.41) is 0. The summed E-state index contributed by atoms with van der Waals surface area (Å²) >= 11 is 0. The molecule has 1 aromatic carbocycles. The van der Waals surface area contributed by atoms with Crippen molar-refractivity contribution < 1.29 is 9.47 Å². The number of benzene rings is 1. The van der Waals surface area contributed by atoms with Crippen LogP contribution in [0.4, 0.5) is 0 Å². The number of ether oxygens (including phenoxy) is 2. The fourth-order valence-electron chi connectivity index (χ4n) is 2.69. The molecule has 0 spiro atoms. The molecule has 3 unspecified atom stereocenters. The van der Waals surface area contributed by atoms with E-state index in [1.54, 1.807) is 7.11 Å². The van der Waals surface area contributed by atoms with Gasteiger partial charge < -0.3 is 15.2 Å². The Kier molecular flexibility index (Phi) is 4.83. The van der Waals surface area contributed by atoms with Crippen LogP contribution in [-0.2, 0) is 4.74 Å². The van der Waals surface area contributed by atoms with Crippen LogP contribution in [-0.4, -0.2) is 19.3 Å². The van der Waals surface area contributed by atoms with E-state index in [0.29, 0.717) is 6.10 Å². The lowest BCUT2D eigenvalue weighted by Crippen LogP contribution is -2.29. The SMILES string of the molecule is COC1CCCC(Oc2ccc(C(C)N)cc2C)C1. The molecule has 0 aliphatic heterocycles. The first-order valence-electron chi connectivity index (χ1n) is 7.15. The van der Waals surface area contributed by atoms with Gasteiger partial charge in [-0.1, -0.05) is 12.1 Å². The molecule has 1 saturated carbocycles. The van der Waals surface area contributed by atoms with Gasteiger partial charge in [-0.2, -0.15) is 0 Å². The maximum absolute atomic E-state index is 6.13. The number of methoxy groups -OCH3 is 1. The van der Waals surface area contributed by atoms with Gasteiger partial charge in [0.2, 0.25) is 0 Å². The van der Waals surface area contributed by atoms with E-state index < -0.39 is 0 Å². The number of rotatable bonds is 4. The molecule has 0 saturated heterocycles. The average molecular weight is 263 g/mol. The van der Waals surface area contributed by atoms with Crippen LogP contribution in [0.2, 0.25) is 0 Å². The minimum absolute atomic E-state index is 0.0697. The van der Waals surface area contributed by atoms with Crippen molar-refractivity contribution in [1.82, 2.24) is 0 Å². The molecule has 1 aromatic rings. The fourth-order valence-corrected chi connectivity index (χ4v) is 2.69. The Hall–Kier alpha value is -1.06. The van der Waals surface area contributed by atoms with Gasteiger partial charge in [-0.3, -0.25) is 0 Å². The second-order valence-corrected chi connectivity index (χ2v) is 5.58. The highest BCUT2D eigenvalue weighted by Crippen LogP contribution is 2.28. The highest BCUT2D eigenvalue weighted by Gasteiger charge is 2.23. The van der Waals surface area contributed by atoms with E-state index in [2.05, 4.69) is 19.1 Å². The lowest BCUT2D eigenvalue weighted by atomic mass is 9.94. The summed E-state index contributed by atoms with van der Waals surface area (Å²) in [5.41, 5.74) is 8.21. The molecule has 3 atom stereocenters. The second-order valence-electron chi connectivity index (χ2n) is 5.58. The third kappa shape index (κ3) is 3.71. The van der Waals surface area contributed by atoms with E-state index in [4.69, 9.17) is 15.2 Å². The molecule has 1 aliphatic rings. The Labute approximate surface area is 116 Å². The van der Waals surface area contributed by atoms with Crippen molar-refractivity contribution in [2.45, 2.75) is 57.8 Å². The molecule has 19 heavy (non-hydrogen) atoms. The average Bonchev–Trinajstić information content (AvgIpc) is 2.41. The zero-order valence-electron chi connectivity index (χ0n) is 12.2. The summed E-state index contributed by atoms with van der Waals surface area (Å²) < 4.78 is 11.6. The van der Waals surface area contributed by atoms with Crippen molar-refractivity contribution in [2.24, 2.45) is 5.73 Å². The molecule has 2 rings (SSSR count). The third-order valence-corrected chi connectivity index (χ3v) is 3.93. The zero-order chi connectivity index (χ0) is 13.8. The van der Waals surface area contributed by atoms with Gasteiger partial charge in [0, 0.05) is 19.6 Å². The lowest BCUT2D eigenvalue weighted by molar-refractivity contribution is 0.0207. The lowest BCUT2D eigenvalue weighted by Gasteiger charge is -2.29. The topological polar surface area (TPSA) is 44.5 Å². The van der Waals surface area contributed by atoms with Crippen molar-refractivity contribution >= 4 is 0 Å². The van der Waals surface area contributed by atoms with Gasteiger partial charge in [0.1, 0.15) is 11.9 Å². The minimum Gasteiger partial charge on any atom is -0.490 e. The van der Waals surface area contributed by atoms with Crippen LogP contribution in [0.3, 0.4) is 0 Å². The first kappa shape index (κ1) is 14.4. The molecular weight excluding hydrogens is 238 g/mol. The summed E-state index contributed by atoms with van der Waals surface area (Å²) in [6.45, 7) is 4.08. The molecule has 3 nitrogen and oxygen atoms in total. The molecule has 0 aromatic heterocycles. The van der Waals surface area contributed by atoms with Crippen molar-refractivity contribution in [2.75, 3.05) is 7.11 Å². The van der Waals surface area contributed by atoms with Crippen LogP contribution in [0.25, 0.3) is 0 Å². The summed E-state index contributed by atoms with van der Waals surface area (Å²) in [4.78, 5) is 0. The number of hydrogen-bond acceptors (Lipinski definition) is 3. The maximum atomic E-state index is 6.13. The van der Waals surface area contributed by atoms with Gasteiger partial charge >= 0.3 is 0 Å². The van der Waals surface area contributed by atoms with Crippen LogP contribution < -0.4 is 10.5 Å². The molecular formula is C16H25NO2. The fraction of sp³-hybridized carbons (Fsp3) is 0.625. The zero-order valence-corrected chi connectivity index (χ0v) is 12.2.